The van der Waals surface area contributed by atoms with Gasteiger partial charge in [0.05, 0.1) is 12.2 Å². The van der Waals surface area contributed by atoms with Crippen LogP contribution in [0.15, 0.2) is 42.7 Å². The number of carbonyl (C=O) groups excluding carboxylic acids is 2. The Labute approximate surface area is 133 Å². The van der Waals surface area contributed by atoms with E-state index < -0.39 is 12.1 Å². The van der Waals surface area contributed by atoms with Crippen molar-refractivity contribution in [3.8, 4) is 0 Å². The van der Waals surface area contributed by atoms with E-state index in [0.29, 0.717) is 13.0 Å². The summed E-state index contributed by atoms with van der Waals surface area (Å²) in [6.07, 6.45) is 3.45. The molecular weight excluding hydrogens is 296 g/mol. The summed E-state index contributed by atoms with van der Waals surface area (Å²) in [6, 6.07) is 8.87. The van der Waals surface area contributed by atoms with E-state index in [1.165, 1.54) is 0 Å². The molecule has 3 rings (SSSR count). The van der Waals surface area contributed by atoms with Gasteiger partial charge in [0.1, 0.15) is 6.61 Å². The molecule has 2 amide bonds. The van der Waals surface area contributed by atoms with Gasteiger partial charge in [-0.05, 0) is 17.5 Å². The Balaban J connectivity index is 1.63. The molecule has 1 aromatic heterocycles. The number of aromatic amines is 1. The molecule has 7 nitrogen and oxygen atoms in total. The van der Waals surface area contributed by atoms with E-state index in [1.54, 1.807) is 12.4 Å². The maximum absolute atomic E-state index is 12.4. The number of carbonyl (C=O) groups is 2. The lowest BCUT2D eigenvalue weighted by molar-refractivity contribution is -0.148. The van der Waals surface area contributed by atoms with Crippen molar-refractivity contribution < 1.29 is 14.3 Å². The summed E-state index contributed by atoms with van der Waals surface area (Å²) in [5, 5.41) is 12.3. The molecule has 2 aromatic rings. The fourth-order valence-corrected chi connectivity index (χ4v) is 2.54. The second kappa shape index (κ2) is 7.06. The number of benzene rings is 1. The van der Waals surface area contributed by atoms with Crippen LogP contribution < -0.4 is 10.6 Å². The number of ether oxygens (including phenoxy) is 1. The van der Waals surface area contributed by atoms with E-state index in [0.717, 1.165) is 11.1 Å². The summed E-state index contributed by atoms with van der Waals surface area (Å²) in [5.41, 5.74) is 1.86. The molecule has 2 heterocycles. The van der Waals surface area contributed by atoms with Crippen molar-refractivity contribution in [3.63, 3.8) is 0 Å². The van der Waals surface area contributed by atoms with Crippen molar-refractivity contribution >= 4 is 11.8 Å². The van der Waals surface area contributed by atoms with Crippen molar-refractivity contribution in [1.82, 2.24) is 20.8 Å². The van der Waals surface area contributed by atoms with Gasteiger partial charge in [-0.15, -0.1) is 0 Å². The van der Waals surface area contributed by atoms with Gasteiger partial charge in [0.25, 0.3) is 5.91 Å². The normalized spacial score (nSPS) is 20.8. The van der Waals surface area contributed by atoms with Gasteiger partial charge in [-0.3, -0.25) is 14.7 Å². The van der Waals surface area contributed by atoms with Crippen LogP contribution in [0.2, 0.25) is 0 Å². The van der Waals surface area contributed by atoms with Crippen LogP contribution in [0.4, 0.5) is 0 Å². The standard InChI is InChI=1S/C16H18N4O3/c21-13-10-23-15(14(20-13)12-4-2-1-3-5-12)16(22)17-7-6-11-8-18-19-9-11/h1-5,8-9,14-15H,6-7,10H2,(H,17,22)(H,18,19)(H,20,21). The molecule has 0 aliphatic carbocycles. The first kappa shape index (κ1) is 15.2. The van der Waals surface area contributed by atoms with Gasteiger partial charge in [0, 0.05) is 12.7 Å². The molecule has 7 heteroatoms. The molecule has 0 bridgehead atoms. The Morgan fingerprint density at radius 2 is 2.17 bits per heavy atom. The highest BCUT2D eigenvalue weighted by Crippen LogP contribution is 2.22. The molecule has 23 heavy (non-hydrogen) atoms. The van der Waals surface area contributed by atoms with E-state index in [4.69, 9.17) is 4.74 Å². The van der Waals surface area contributed by atoms with Crippen molar-refractivity contribution in [2.24, 2.45) is 0 Å². The number of amides is 2. The molecule has 0 saturated carbocycles. The Bertz CT molecular complexity index is 657. The first-order valence-electron chi connectivity index (χ1n) is 7.45. The molecule has 3 N–H and O–H groups in total. The minimum absolute atomic E-state index is 0.108. The number of morpholine rings is 1. The molecular formula is C16H18N4O3. The minimum Gasteiger partial charge on any atom is -0.356 e. The first-order chi connectivity index (χ1) is 11.2. The van der Waals surface area contributed by atoms with Gasteiger partial charge < -0.3 is 15.4 Å². The topological polar surface area (TPSA) is 96.1 Å². The van der Waals surface area contributed by atoms with Crippen LogP contribution in [0.25, 0.3) is 0 Å². The highest BCUT2D eigenvalue weighted by Gasteiger charge is 2.35. The van der Waals surface area contributed by atoms with Crippen molar-refractivity contribution in [3.05, 3.63) is 53.9 Å². The highest BCUT2D eigenvalue weighted by atomic mass is 16.5. The number of rotatable bonds is 5. The predicted octanol–water partition coefficient (Wildman–Crippen LogP) is 0.325. The Morgan fingerprint density at radius 1 is 1.35 bits per heavy atom. The zero-order valence-electron chi connectivity index (χ0n) is 12.5. The average Bonchev–Trinajstić information content (AvgIpc) is 3.09. The fraction of sp³-hybridized carbons (Fsp3) is 0.312. The van der Waals surface area contributed by atoms with Crippen molar-refractivity contribution in [2.45, 2.75) is 18.6 Å². The number of hydrogen-bond acceptors (Lipinski definition) is 4. The molecule has 1 saturated heterocycles. The summed E-state index contributed by atoms with van der Waals surface area (Å²) in [6.45, 7) is 0.372. The van der Waals surface area contributed by atoms with Crippen molar-refractivity contribution in [1.29, 1.82) is 0 Å². The molecule has 0 radical (unpaired) electrons. The quantitative estimate of drug-likeness (QED) is 0.741. The summed E-state index contributed by atoms with van der Waals surface area (Å²) in [5.74, 6) is -0.455. The number of nitrogens with zero attached hydrogens (tertiary/aromatic N) is 1. The largest absolute Gasteiger partial charge is 0.356 e. The number of hydrogen-bond donors (Lipinski definition) is 3. The van der Waals surface area contributed by atoms with Crippen LogP contribution in [-0.2, 0) is 20.7 Å². The second-order valence-electron chi connectivity index (χ2n) is 5.34. The van der Waals surface area contributed by atoms with Crippen LogP contribution in [0.3, 0.4) is 0 Å². The van der Waals surface area contributed by atoms with Crippen LogP contribution >= 0.6 is 0 Å². The minimum atomic E-state index is -0.737. The molecule has 1 aliphatic rings. The third-order valence-electron chi connectivity index (χ3n) is 3.70. The van der Waals surface area contributed by atoms with Gasteiger partial charge in [-0.1, -0.05) is 30.3 Å². The lowest BCUT2D eigenvalue weighted by Gasteiger charge is -2.31. The molecule has 120 valence electrons. The lowest BCUT2D eigenvalue weighted by atomic mass is 9.99. The third-order valence-corrected chi connectivity index (χ3v) is 3.70. The van der Waals surface area contributed by atoms with Crippen LogP contribution in [0.5, 0.6) is 0 Å². The molecule has 1 aromatic carbocycles. The van der Waals surface area contributed by atoms with Crippen LogP contribution in [-0.4, -0.2) is 41.3 Å². The van der Waals surface area contributed by atoms with Gasteiger partial charge in [-0.2, -0.15) is 5.10 Å². The van der Waals surface area contributed by atoms with Gasteiger partial charge in [-0.25, -0.2) is 0 Å². The second-order valence-corrected chi connectivity index (χ2v) is 5.34. The predicted molar refractivity (Wildman–Crippen MR) is 82.4 cm³/mol. The fourth-order valence-electron chi connectivity index (χ4n) is 2.54. The number of H-pyrrole nitrogens is 1. The van der Waals surface area contributed by atoms with Crippen LogP contribution in [0.1, 0.15) is 17.2 Å². The molecule has 2 atom stereocenters. The summed E-state index contributed by atoms with van der Waals surface area (Å²) in [7, 11) is 0. The smallest absolute Gasteiger partial charge is 0.251 e. The van der Waals surface area contributed by atoms with Gasteiger partial charge in [0.2, 0.25) is 5.91 Å². The van der Waals surface area contributed by atoms with Gasteiger partial charge in [0.15, 0.2) is 6.10 Å². The Hall–Kier alpha value is -2.67. The highest BCUT2D eigenvalue weighted by molar-refractivity contribution is 5.86. The molecule has 1 fully saturated rings. The number of aromatic nitrogens is 2. The Kier molecular flexibility index (Phi) is 4.68. The van der Waals surface area contributed by atoms with E-state index >= 15 is 0 Å². The number of nitrogens with one attached hydrogen (secondary N) is 3. The zero-order chi connectivity index (χ0) is 16.1. The average molecular weight is 314 g/mol. The SMILES string of the molecule is O=C1COC(C(=O)NCCc2cn[nH]c2)C(c2ccccc2)N1. The molecule has 0 spiro atoms. The van der Waals surface area contributed by atoms with E-state index in [-0.39, 0.29) is 18.4 Å². The first-order valence-corrected chi connectivity index (χ1v) is 7.45. The van der Waals surface area contributed by atoms with Crippen molar-refractivity contribution in [2.75, 3.05) is 13.2 Å². The third kappa shape index (κ3) is 3.75. The summed E-state index contributed by atoms with van der Waals surface area (Å²) < 4.78 is 5.46. The molecule has 2 unspecified atom stereocenters. The Morgan fingerprint density at radius 3 is 2.91 bits per heavy atom. The summed E-state index contributed by atoms with van der Waals surface area (Å²) in [4.78, 5) is 24.0. The van der Waals surface area contributed by atoms with E-state index in [9.17, 15) is 9.59 Å². The maximum Gasteiger partial charge on any atom is 0.251 e. The summed E-state index contributed by atoms with van der Waals surface area (Å²) >= 11 is 0. The van der Waals surface area contributed by atoms with E-state index in [2.05, 4.69) is 20.8 Å². The maximum atomic E-state index is 12.4. The monoisotopic (exact) mass is 314 g/mol. The lowest BCUT2D eigenvalue weighted by Crippen LogP contribution is -2.52. The molecule has 1 aliphatic heterocycles. The van der Waals surface area contributed by atoms with Crippen LogP contribution in [0, 0.1) is 0 Å². The van der Waals surface area contributed by atoms with E-state index in [1.807, 2.05) is 30.3 Å². The zero-order valence-corrected chi connectivity index (χ0v) is 12.5. The van der Waals surface area contributed by atoms with Gasteiger partial charge >= 0.3 is 0 Å².